The van der Waals surface area contributed by atoms with Crippen LogP contribution in [0.4, 0.5) is 0 Å². The molecular formula is C16H21N3O2. The zero-order chi connectivity index (χ0) is 14.2. The van der Waals surface area contributed by atoms with Crippen LogP contribution >= 0.6 is 0 Å². The molecule has 2 N–H and O–H groups in total. The molecule has 5 nitrogen and oxygen atoms in total. The van der Waals surface area contributed by atoms with Crippen LogP contribution in [0.1, 0.15) is 38.5 Å². The third kappa shape index (κ3) is 1.40. The van der Waals surface area contributed by atoms with Gasteiger partial charge in [-0.1, -0.05) is 18.6 Å². The van der Waals surface area contributed by atoms with Gasteiger partial charge < -0.3 is 0 Å². The highest BCUT2D eigenvalue weighted by Crippen LogP contribution is 2.51. The Kier molecular flexibility index (Phi) is 2.26. The van der Waals surface area contributed by atoms with Crippen molar-refractivity contribution in [2.24, 2.45) is 23.7 Å². The quantitative estimate of drug-likeness (QED) is 0.652. The standard InChI is InChI=1S/C16H21N3O2/c20-12-8-11-3-1-2-6-16(11)17-14-10-5-4-9(7-10)13(14)15(21)19(16)18-12/h4-5,9-11,13-14,17H,1-3,6-8H2,(H,18,20)/t9-,10+,11-,13-,14+,16-/m0/s1. The monoisotopic (exact) mass is 287 g/mol. The molecule has 6 atom stereocenters. The van der Waals surface area contributed by atoms with Crippen LogP contribution in [0.25, 0.3) is 0 Å². The Morgan fingerprint density at radius 3 is 2.95 bits per heavy atom. The summed E-state index contributed by atoms with van der Waals surface area (Å²) in [5.41, 5.74) is 2.57. The summed E-state index contributed by atoms with van der Waals surface area (Å²) < 4.78 is 0. The first kappa shape index (κ1) is 12.2. The van der Waals surface area contributed by atoms with Crippen molar-refractivity contribution in [1.29, 1.82) is 0 Å². The van der Waals surface area contributed by atoms with Crippen molar-refractivity contribution in [2.45, 2.75) is 50.2 Å². The van der Waals surface area contributed by atoms with Crippen LogP contribution in [0, 0.1) is 23.7 Å². The summed E-state index contributed by atoms with van der Waals surface area (Å²) in [5.74, 6) is 1.30. The van der Waals surface area contributed by atoms with E-state index >= 15 is 0 Å². The van der Waals surface area contributed by atoms with E-state index < -0.39 is 0 Å². The van der Waals surface area contributed by atoms with Gasteiger partial charge >= 0.3 is 0 Å². The zero-order valence-corrected chi connectivity index (χ0v) is 12.0. The highest BCUT2D eigenvalue weighted by molar-refractivity contribution is 5.88. The fourth-order valence-electron chi connectivity index (χ4n) is 5.59. The van der Waals surface area contributed by atoms with Gasteiger partial charge in [0.1, 0.15) is 5.66 Å². The number of nitrogens with zero attached hydrogens (tertiary/aromatic N) is 1. The average molecular weight is 287 g/mol. The van der Waals surface area contributed by atoms with Crippen molar-refractivity contribution in [3.63, 3.8) is 0 Å². The summed E-state index contributed by atoms with van der Waals surface area (Å²) in [5, 5.41) is 5.56. The minimum atomic E-state index is -0.317. The molecule has 2 saturated carbocycles. The summed E-state index contributed by atoms with van der Waals surface area (Å²) in [6, 6.07) is 0.277. The number of carbonyl (C=O) groups excluding carboxylic acids is 2. The normalized spacial score (nSPS) is 50.5. The Morgan fingerprint density at radius 1 is 1.19 bits per heavy atom. The Bertz CT molecular complexity index is 560. The van der Waals surface area contributed by atoms with Crippen molar-refractivity contribution < 1.29 is 9.59 Å². The number of nitrogens with one attached hydrogen (secondary N) is 2. The number of hydrazine groups is 1. The fraction of sp³-hybridized carbons (Fsp3) is 0.750. The Morgan fingerprint density at radius 2 is 2.05 bits per heavy atom. The van der Waals surface area contributed by atoms with Gasteiger partial charge in [0.05, 0.1) is 5.92 Å². The summed E-state index contributed by atoms with van der Waals surface area (Å²) in [7, 11) is 0. The van der Waals surface area contributed by atoms with Crippen LogP contribution in [0.3, 0.4) is 0 Å². The molecule has 112 valence electrons. The summed E-state index contributed by atoms with van der Waals surface area (Å²) in [6.45, 7) is 0. The maximum atomic E-state index is 13.1. The van der Waals surface area contributed by atoms with E-state index in [9.17, 15) is 9.59 Å². The molecule has 0 radical (unpaired) electrons. The van der Waals surface area contributed by atoms with E-state index in [1.807, 2.05) is 0 Å². The minimum absolute atomic E-state index is 0.00447. The number of hydrogen-bond acceptors (Lipinski definition) is 3. The summed E-state index contributed by atoms with van der Waals surface area (Å²) in [4.78, 5) is 25.1. The molecule has 3 aliphatic carbocycles. The maximum Gasteiger partial charge on any atom is 0.248 e. The van der Waals surface area contributed by atoms with Gasteiger partial charge in [-0.3, -0.25) is 20.3 Å². The van der Waals surface area contributed by atoms with E-state index in [4.69, 9.17) is 0 Å². The maximum absolute atomic E-state index is 13.1. The molecule has 2 bridgehead atoms. The van der Waals surface area contributed by atoms with E-state index in [0.717, 1.165) is 25.7 Å². The zero-order valence-electron chi connectivity index (χ0n) is 12.0. The Labute approximate surface area is 124 Å². The van der Waals surface area contributed by atoms with Gasteiger partial charge in [-0.15, -0.1) is 0 Å². The topological polar surface area (TPSA) is 61.4 Å². The van der Waals surface area contributed by atoms with Gasteiger partial charge in [0.2, 0.25) is 11.8 Å². The molecule has 5 rings (SSSR count). The molecule has 0 aromatic rings. The smallest absolute Gasteiger partial charge is 0.248 e. The number of rotatable bonds is 0. The highest BCUT2D eigenvalue weighted by atomic mass is 16.2. The van der Waals surface area contributed by atoms with Crippen LogP contribution in [-0.4, -0.2) is 28.5 Å². The third-order valence-electron chi connectivity index (χ3n) is 6.48. The molecule has 0 aromatic heterocycles. The lowest BCUT2D eigenvalue weighted by Crippen LogP contribution is -2.80. The van der Waals surface area contributed by atoms with Gasteiger partial charge in [-0.2, -0.15) is 0 Å². The third-order valence-corrected chi connectivity index (χ3v) is 6.48. The van der Waals surface area contributed by atoms with Gasteiger partial charge in [-0.05, 0) is 37.5 Å². The molecule has 2 heterocycles. The number of allylic oxidation sites excluding steroid dienone is 1. The molecule has 2 amide bonds. The first-order chi connectivity index (χ1) is 10.2. The van der Waals surface area contributed by atoms with Gasteiger partial charge in [0, 0.05) is 18.4 Å². The van der Waals surface area contributed by atoms with E-state index in [-0.39, 0.29) is 35.4 Å². The number of hydrogen-bond donors (Lipinski definition) is 2. The van der Waals surface area contributed by atoms with Crippen molar-refractivity contribution in [2.75, 3.05) is 0 Å². The highest BCUT2D eigenvalue weighted by Gasteiger charge is 2.62. The van der Waals surface area contributed by atoms with E-state index in [2.05, 4.69) is 22.9 Å². The number of amides is 2. The van der Waals surface area contributed by atoms with Gasteiger partial charge in [-0.25, -0.2) is 5.01 Å². The van der Waals surface area contributed by atoms with Crippen LogP contribution in [0.5, 0.6) is 0 Å². The second-order valence-corrected chi connectivity index (χ2v) is 7.42. The van der Waals surface area contributed by atoms with Crippen LogP contribution in [0.2, 0.25) is 0 Å². The molecule has 0 aromatic carbocycles. The SMILES string of the molecule is O=C1C[C@@H]2CCCC[C@@]23N[C@H]2[C@@H](C(=O)N3N1)[C@H]1C=C[C@@H]2C1. The molecule has 4 fully saturated rings. The van der Waals surface area contributed by atoms with E-state index in [1.165, 1.54) is 6.42 Å². The molecule has 5 heteroatoms. The molecule has 2 saturated heterocycles. The second kappa shape index (κ2) is 3.88. The molecule has 0 unspecified atom stereocenters. The van der Waals surface area contributed by atoms with E-state index in [1.54, 1.807) is 5.01 Å². The van der Waals surface area contributed by atoms with Crippen LogP contribution in [0.15, 0.2) is 12.2 Å². The fourth-order valence-corrected chi connectivity index (χ4v) is 5.59. The molecule has 2 aliphatic heterocycles. The minimum Gasteiger partial charge on any atom is -0.289 e. The van der Waals surface area contributed by atoms with Gasteiger partial charge in [0.25, 0.3) is 0 Å². The summed E-state index contributed by atoms with van der Waals surface area (Å²) in [6.07, 6.45) is 10.5. The number of carbonyl (C=O) groups is 2. The first-order valence-corrected chi connectivity index (χ1v) is 8.29. The van der Waals surface area contributed by atoms with Crippen molar-refractivity contribution in [1.82, 2.24) is 15.8 Å². The van der Waals surface area contributed by atoms with Gasteiger partial charge in [0.15, 0.2) is 0 Å². The predicted octanol–water partition coefficient (Wildman–Crippen LogP) is 0.930. The summed E-state index contributed by atoms with van der Waals surface area (Å²) >= 11 is 0. The first-order valence-electron chi connectivity index (χ1n) is 8.29. The Hall–Kier alpha value is -1.36. The van der Waals surface area contributed by atoms with Crippen molar-refractivity contribution >= 4 is 11.8 Å². The van der Waals surface area contributed by atoms with Crippen molar-refractivity contribution in [3.8, 4) is 0 Å². The molecular weight excluding hydrogens is 266 g/mol. The average Bonchev–Trinajstić information content (AvgIpc) is 3.07. The molecule has 21 heavy (non-hydrogen) atoms. The van der Waals surface area contributed by atoms with E-state index in [0.29, 0.717) is 18.3 Å². The van der Waals surface area contributed by atoms with Crippen molar-refractivity contribution in [3.05, 3.63) is 12.2 Å². The Balaban J connectivity index is 1.59. The van der Waals surface area contributed by atoms with Crippen LogP contribution < -0.4 is 10.7 Å². The lowest BCUT2D eigenvalue weighted by atomic mass is 9.71. The predicted molar refractivity (Wildman–Crippen MR) is 75.4 cm³/mol. The lowest BCUT2D eigenvalue weighted by molar-refractivity contribution is -0.185. The second-order valence-electron chi connectivity index (χ2n) is 7.42. The lowest BCUT2D eigenvalue weighted by Gasteiger charge is -2.59. The molecule has 5 aliphatic rings. The molecule has 1 spiro atoms. The van der Waals surface area contributed by atoms with Crippen LogP contribution in [-0.2, 0) is 9.59 Å². The number of fused-ring (bicyclic) bond motifs is 5. The largest absolute Gasteiger partial charge is 0.289 e.